The van der Waals surface area contributed by atoms with Crippen molar-refractivity contribution in [1.82, 2.24) is 0 Å². The van der Waals surface area contributed by atoms with Gasteiger partial charge < -0.3 is 4.52 Å². The Labute approximate surface area is 199 Å². The summed E-state index contributed by atoms with van der Waals surface area (Å²) in [6.07, 6.45) is -2.27. The first-order valence-electron chi connectivity index (χ1n) is 9.76. The lowest BCUT2D eigenvalue weighted by atomic mass is 10.1. The van der Waals surface area contributed by atoms with Crippen molar-refractivity contribution in [2.75, 3.05) is 7.11 Å². The van der Waals surface area contributed by atoms with Gasteiger partial charge in [-0.2, -0.15) is 0 Å². The fourth-order valence-corrected chi connectivity index (χ4v) is 8.98. The predicted molar refractivity (Wildman–Crippen MR) is 148 cm³/mol. The zero-order valence-electron chi connectivity index (χ0n) is 17.0. The molecule has 0 radical (unpaired) electrons. The first kappa shape index (κ1) is 22.7. The Morgan fingerprint density at radius 1 is 0.548 bits per heavy atom. The second-order valence-corrected chi connectivity index (χ2v) is 17.6. The predicted octanol–water partition coefficient (Wildman–Crippen LogP) is 5.62. The second kappa shape index (κ2) is 9.55. The fraction of sp³-hybridized carbons (Fsp3) is 0.0400. The lowest BCUT2D eigenvalue weighted by Gasteiger charge is -2.21. The van der Waals surface area contributed by atoms with Crippen molar-refractivity contribution in [3.63, 3.8) is 0 Å². The van der Waals surface area contributed by atoms with Gasteiger partial charge in [0.15, 0.2) is 0 Å². The molecule has 0 aliphatic heterocycles. The van der Waals surface area contributed by atoms with Gasteiger partial charge in [0.05, 0.1) is 5.24 Å². The van der Waals surface area contributed by atoms with Gasteiger partial charge in [0.25, 0.3) is 0 Å². The van der Waals surface area contributed by atoms with Crippen LogP contribution in [0.5, 0.6) is 0 Å². The Kier molecular flexibility index (Phi) is 6.98. The Hall–Kier alpha value is -1.51. The number of rotatable bonds is 6. The first-order valence-corrected chi connectivity index (χ1v) is 16.4. The highest BCUT2D eigenvalue weighted by Crippen LogP contribution is 2.48. The minimum absolute atomic E-state index is 1.05. The van der Waals surface area contributed by atoms with Crippen LogP contribution in [0.2, 0.25) is 0 Å². The number of hydrogen-bond acceptors (Lipinski definition) is 3. The molecule has 156 valence electrons. The highest BCUT2D eigenvalue weighted by atomic mass is 32.9. The van der Waals surface area contributed by atoms with Gasteiger partial charge in [-0.05, 0) is 21.7 Å². The molecule has 6 heteroatoms. The third-order valence-electron chi connectivity index (χ3n) is 5.22. The molecule has 4 aromatic carbocycles. The minimum atomic E-state index is -2.27. The van der Waals surface area contributed by atoms with Crippen LogP contribution < -0.4 is 21.2 Å². The number of benzene rings is 4. The number of hydrogen-bond donors (Lipinski definition) is 1. The van der Waals surface area contributed by atoms with Gasteiger partial charge >= 0.3 is 0 Å². The van der Waals surface area contributed by atoms with Crippen LogP contribution >= 0.6 is 23.8 Å². The average Bonchev–Trinajstić information content (AvgIpc) is 2.85. The maximum absolute atomic E-state index is 5.97. The summed E-state index contributed by atoms with van der Waals surface area (Å²) in [5, 5.41) is 2.23. The van der Waals surface area contributed by atoms with Gasteiger partial charge in [-0.3, -0.25) is 0 Å². The van der Waals surface area contributed by atoms with E-state index in [2.05, 4.69) is 60.7 Å². The first-order chi connectivity index (χ1) is 14.9. The molecule has 2 atom stereocenters. The molecule has 0 bridgehead atoms. The van der Waals surface area contributed by atoms with Crippen LogP contribution in [0.25, 0.3) is 11.1 Å². The highest BCUT2D eigenvalue weighted by molar-refractivity contribution is 8.68. The van der Waals surface area contributed by atoms with E-state index in [1.165, 1.54) is 0 Å². The van der Waals surface area contributed by atoms with Gasteiger partial charge in [-0.1, -0.05) is 133 Å². The highest BCUT2D eigenvalue weighted by Gasteiger charge is 2.22. The Morgan fingerprint density at radius 2 is 0.903 bits per heavy atom. The summed E-state index contributed by atoms with van der Waals surface area (Å²) in [6, 6.07) is 37.1. The maximum Gasteiger partial charge on any atom is 0.122 e. The van der Waals surface area contributed by atoms with Crippen LogP contribution in [0.1, 0.15) is 0 Å². The molecule has 0 aliphatic carbocycles. The van der Waals surface area contributed by atoms with Crippen LogP contribution in [-0.4, -0.2) is 7.11 Å². The monoisotopic (exact) mass is 496 g/mol. The molecule has 0 N–H and O–H groups in total. The Bertz CT molecular complexity index is 1260. The van der Waals surface area contributed by atoms with E-state index in [0.717, 1.165) is 32.3 Å². The zero-order valence-corrected chi connectivity index (χ0v) is 21.3. The van der Waals surface area contributed by atoms with E-state index in [0.29, 0.717) is 0 Å². The number of thiol groups is 1. The van der Waals surface area contributed by atoms with Crippen molar-refractivity contribution in [2.45, 2.75) is 0 Å². The van der Waals surface area contributed by atoms with Gasteiger partial charge in [-0.15, -0.1) is 12.2 Å². The lowest BCUT2D eigenvalue weighted by Crippen LogP contribution is -2.16. The molecule has 0 amide bonds. The van der Waals surface area contributed by atoms with Crippen molar-refractivity contribution < 1.29 is 4.52 Å². The van der Waals surface area contributed by atoms with E-state index in [1.807, 2.05) is 48.5 Å². The van der Waals surface area contributed by atoms with E-state index in [4.69, 9.17) is 40.4 Å². The molecule has 0 aromatic heterocycles. The Balaban J connectivity index is 1.62. The van der Waals surface area contributed by atoms with E-state index in [1.54, 1.807) is 7.11 Å². The molecule has 0 saturated carbocycles. The smallest absolute Gasteiger partial charge is 0.122 e. The van der Waals surface area contributed by atoms with Crippen LogP contribution in [0.3, 0.4) is 0 Å². The molecule has 0 fully saturated rings. The second-order valence-electron chi connectivity index (χ2n) is 7.07. The molecule has 4 rings (SSSR count). The van der Waals surface area contributed by atoms with Gasteiger partial charge in [-0.25, -0.2) is 0 Å². The van der Waals surface area contributed by atoms with Crippen LogP contribution in [0.15, 0.2) is 109 Å². The maximum atomic E-state index is 5.97. The molecule has 0 aliphatic rings. The van der Waals surface area contributed by atoms with Crippen LogP contribution in [0, 0.1) is 0 Å². The third kappa shape index (κ3) is 4.66. The quantitative estimate of drug-likeness (QED) is 0.274. The topological polar surface area (TPSA) is 9.23 Å². The third-order valence-corrected chi connectivity index (χ3v) is 14.0. The van der Waals surface area contributed by atoms with E-state index < -0.39 is 11.5 Å². The molecule has 0 spiro atoms. The fourth-order valence-electron chi connectivity index (χ4n) is 3.47. The summed E-state index contributed by atoms with van der Waals surface area (Å²) in [5.41, 5.74) is 2.27. The Morgan fingerprint density at radius 3 is 1.35 bits per heavy atom. The van der Waals surface area contributed by atoms with Crippen LogP contribution in [0.4, 0.5) is 0 Å². The van der Waals surface area contributed by atoms with E-state index in [9.17, 15) is 0 Å². The normalized spacial score (nSPS) is 15.0. The largest absolute Gasteiger partial charge is 0.346 e. The van der Waals surface area contributed by atoms with Crippen molar-refractivity contribution in [3.8, 4) is 11.1 Å². The summed E-state index contributed by atoms with van der Waals surface area (Å²) in [4.78, 5) is 0. The zero-order chi connectivity index (χ0) is 21.9. The molecule has 0 heterocycles. The summed E-state index contributed by atoms with van der Waals surface area (Å²) in [7, 11) is 1.70. The summed E-state index contributed by atoms with van der Waals surface area (Å²) < 4.78 is 5.86. The molecule has 1 nitrogen and oxygen atoms in total. The standard InChI is InChI=1S/C25H22OP2S3/c1-26-27(29,22-8-4-2-5-9-22)23-16-12-20(13-17-23)21-14-18-25(19-15-21)28(30,31)24-10-6-3-7-11-24/h2-19H,1H3,(H,30,31). The van der Waals surface area contributed by atoms with E-state index >= 15 is 0 Å². The van der Waals surface area contributed by atoms with Crippen molar-refractivity contribution >= 4 is 68.6 Å². The van der Waals surface area contributed by atoms with Crippen molar-refractivity contribution in [3.05, 3.63) is 109 Å². The van der Waals surface area contributed by atoms with Crippen LogP contribution in [-0.2, 0) is 28.1 Å². The summed E-state index contributed by atoms with van der Waals surface area (Å²) in [5.74, 6) is 0. The van der Waals surface area contributed by atoms with Gasteiger partial charge in [0, 0.05) is 17.7 Å². The molecule has 2 unspecified atom stereocenters. The van der Waals surface area contributed by atoms with E-state index in [-0.39, 0.29) is 0 Å². The molecule has 31 heavy (non-hydrogen) atoms. The van der Waals surface area contributed by atoms with Crippen molar-refractivity contribution in [2.24, 2.45) is 0 Å². The summed E-state index contributed by atoms with van der Waals surface area (Å²) in [6.45, 7) is 0. The SMILES string of the molecule is COP(=S)(c1ccccc1)c1ccc(-c2ccc(P(=S)(S)c3ccccc3)cc2)cc1. The van der Waals surface area contributed by atoms with Gasteiger partial charge in [0.2, 0.25) is 0 Å². The molecular formula is C25H22OP2S3. The average molecular weight is 497 g/mol. The minimum Gasteiger partial charge on any atom is -0.346 e. The molecular weight excluding hydrogens is 474 g/mol. The lowest BCUT2D eigenvalue weighted by molar-refractivity contribution is 0.472. The van der Waals surface area contributed by atoms with Gasteiger partial charge in [0.1, 0.15) is 6.26 Å². The summed E-state index contributed by atoms with van der Waals surface area (Å²) >= 11 is 16.8. The molecule has 0 saturated heterocycles. The molecule has 4 aromatic rings. The van der Waals surface area contributed by atoms with Crippen molar-refractivity contribution in [1.29, 1.82) is 0 Å².